The molecule has 0 aromatic carbocycles. The highest BCUT2D eigenvalue weighted by molar-refractivity contribution is 5.86. The molecule has 0 aromatic heterocycles. The molecular weight excluding hydrogens is 208 g/mol. The highest BCUT2D eigenvalue weighted by Gasteiger charge is 2.03. The normalized spacial score (nSPS) is 11.1. The fourth-order valence-electron chi connectivity index (χ4n) is 0.672. The van der Waals surface area contributed by atoms with Crippen molar-refractivity contribution in [3.8, 4) is 0 Å². The average Bonchev–Trinajstić information content (AvgIpc) is 2.23. The Kier molecular flexibility index (Phi) is 13.4. The van der Waals surface area contributed by atoms with E-state index in [4.69, 9.17) is 5.11 Å². The van der Waals surface area contributed by atoms with E-state index in [0.717, 1.165) is 19.3 Å². The Balaban J connectivity index is 0. The minimum Gasteiger partial charge on any atom is -0.460 e. The molecule has 1 atom stereocenters. The molecule has 0 saturated heterocycles. The Morgan fingerprint density at radius 2 is 2.00 bits per heavy atom. The molecule has 0 heterocycles. The first-order chi connectivity index (χ1) is 7.45. The van der Waals surface area contributed by atoms with Gasteiger partial charge in [-0.05, 0) is 20.3 Å². The number of esters is 1. The number of carbonyl (C=O) groups is 1. The highest BCUT2D eigenvalue weighted by atomic mass is 16.5. The molecule has 0 amide bonds. The summed E-state index contributed by atoms with van der Waals surface area (Å²) in [4.78, 5) is 10.6. The number of ether oxygens (including phenoxy) is 1. The van der Waals surface area contributed by atoms with Gasteiger partial charge in [-0.2, -0.15) is 0 Å². The van der Waals surface area contributed by atoms with Gasteiger partial charge in [0.25, 0.3) is 0 Å². The van der Waals surface area contributed by atoms with Crippen molar-refractivity contribution in [1.29, 1.82) is 0 Å². The van der Waals surface area contributed by atoms with Crippen LogP contribution in [0.25, 0.3) is 0 Å². The number of hydrogen-bond donors (Lipinski definition) is 1. The number of carbonyl (C=O) groups excluding carboxylic acids is 1. The van der Waals surface area contributed by atoms with Gasteiger partial charge in [-0.3, -0.25) is 0 Å². The maximum absolute atomic E-state index is 10.6. The van der Waals surface area contributed by atoms with E-state index in [1.165, 1.54) is 0 Å². The lowest BCUT2D eigenvalue weighted by atomic mass is 10.3. The Morgan fingerprint density at radius 3 is 2.25 bits per heavy atom. The van der Waals surface area contributed by atoms with Crippen LogP contribution in [0.1, 0.15) is 40.0 Å². The van der Waals surface area contributed by atoms with Gasteiger partial charge < -0.3 is 9.84 Å². The first kappa shape index (κ1) is 17.5. The number of unbranched alkanes of at least 4 members (excludes halogenated alkanes) is 2. The van der Waals surface area contributed by atoms with Gasteiger partial charge >= 0.3 is 5.97 Å². The standard InChI is InChI=1S/C7H12O3.C5H11O/c1-5(2)7(9)10-4-6(3)8;1-2-3-4-5-6/h6,8H,1,4H2,2-3H3;2-5H2,1H3. The fourth-order valence-corrected chi connectivity index (χ4v) is 0.672. The summed E-state index contributed by atoms with van der Waals surface area (Å²) in [7, 11) is 0. The van der Waals surface area contributed by atoms with Crippen molar-refractivity contribution < 1.29 is 19.7 Å². The van der Waals surface area contributed by atoms with Crippen LogP contribution in [-0.2, 0) is 14.6 Å². The quantitative estimate of drug-likeness (QED) is 0.432. The minimum absolute atomic E-state index is 0.0334. The van der Waals surface area contributed by atoms with Crippen LogP contribution in [0, 0.1) is 0 Å². The Labute approximate surface area is 97.9 Å². The summed E-state index contributed by atoms with van der Waals surface area (Å²) in [6.45, 7) is 8.72. The second kappa shape index (κ2) is 12.2. The summed E-state index contributed by atoms with van der Waals surface area (Å²) in [6, 6.07) is 0. The summed E-state index contributed by atoms with van der Waals surface area (Å²) in [5, 5.41) is 18.4. The fraction of sp³-hybridized carbons (Fsp3) is 0.750. The molecular formula is C12H23O4. The van der Waals surface area contributed by atoms with Crippen LogP contribution in [0.5, 0.6) is 0 Å². The van der Waals surface area contributed by atoms with Crippen LogP contribution < -0.4 is 0 Å². The van der Waals surface area contributed by atoms with Crippen molar-refractivity contribution in [2.75, 3.05) is 13.2 Å². The lowest BCUT2D eigenvalue weighted by molar-refractivity contribution is -0.141. The molecule has 1 N–H and O–H groups in total. The number of rotatable bonds is 6. The smallest absolute Gasteiger partial charge is 0.333 e. The van der Waals surface area contributed by atoms with E-state index in [1.54, 1.807) is 13.8 Å². The third kappa shape index (κ3) is 15.6. The summed E-state index contributed by atoms with van der Waals surface area (Å²) in [5.74, 6) is -0.457. The maximum atomic E-state index is 10.6. The largest absolute Gasteiger partial charge is 0.460 e. The lowest BCUT2D eigenvalue weighted by Gasteiger charge is -2.04. The summed E-state index contributed by atoms with van der Waals surface area (Å²) in [6.07, 6.45) is 2.51. The summed E-state index contributed by atoms with van der Waals surface area (Å²) >= 11 is 0. The molecule has 1 radical (unpaired) electrons. The maximum Gasteiger partial charge on any atom is 0.333 e. The van der Waals surface area contributed by atoms with E-state index in [9.17, 15) is 9.90 Å². The van der Waals surface area contributed by atoms with Crippen molar-refractivity contribution in [1.82, 2.24) is 0 Å². The summed E-state index contributed by atoms with van der Waals surface area (Å²) in [5.41, 5.74) is 0.348. The highest BCUT2D eigenvalue weighted by Crippen LogP contribution is 1.92. The van der Waals surface area contributed by atoms with E-state index in [2.05, 4.69) is 18.2 Å². The molecule has 0 aliphatic heterocycles. The first-order valence-electron chi connectivity index (χ1n) is 5.54. The van der Waals surface area contributed by atoms with E-state index < -0.39 is 12.1 Å². The van der Waals surface area contributed by atoms with Crippen molar-refractivity contribution in [2.24, 2.45) is 0 Å². The minimum atomic E-state index is -0.608. The Morgan fingerprint density at radius 1 is 1.44 bits per heavy atom. The molecule has 0 bridgehead atoms. The van der Waals surface area contributed by atoms with Crippen LogP contribution in [0.3, 0.4) is 0 Å². The van der Waals surface area contributed by atoms with Gasteiger partial charge in [-0.1, -0.05) is 26.3 Å². The number of aliphatic hydroxyl groups excluding tert-OH is 1. The SMILES string of the molecule is C=C(C)C(=O)OCC(C)O.CCCCC[O]. The van der Waals surface area contributed by atoms with E-state index in [1.807, 2.05) is 0 Å². The second-order valence-electron chi connectivity index (χ2n) is 3.64. The monoisotopic (exact) mass is 231 g/mol. The predicted molar refractivity (Wildman–Crippen MR) is 62.5 cm³/mol. The molecule has 0 saturated carbocycles. The number of aliphatic hydroxyl groups is 1. The van der Waals surface area contributed by atoms with Gasteiger partial charge in [0.2, 0.25) is 0 Å². The van der Waals surface area contributed by atoms with Crippen molar-refractivity contribution in [3.63, 3.8) is 0 Å². The van der Waals surface area contributed by atoms with Crippen LogP contribution in [0.2, 0.25) is 0 Å². The molecule has 0 aliphatic rings. The molecule has 0 aromatic rings. The van der Waals surface area contributed by atoms with E-state index >= 15 is 0 Å². The summed E-state index contributed by atoms with van der Waals surface area (Å²) < 4.78 is 4.58. The Hall–Kier alpha value is -0.870. The second-order valence-corrected chi connectivity index (χ2v) is 3.64. The molecule has 4 heteroatoms. The van der Waals surface area contributed by atoms with Crippen molar-refractivity contribution in [3.05, 3.63) is 12.2 Å². The van der Waals surface area contributed by atoms with Crippen LogP contribution in [-0.4, -0.2) is 30.4 Å². The van der Waals surface area contributed by atoms with Gasteiger partial charge in [0.15, 0.2) is 0 Å². The van der Waals surface area contributed by atoms with Crippen LogP contribution >= 0.6 is 0 Å². The van der Waals surface area contributed by atoms with Crippen LogP contribution in [0.4, 0.5) is 0 Å². The third-order valence-electron chi connectivity index (χ3n) is 1.55. The molecule has 4 nitrogen and oxygen atoms in total. The van der Waals surface area contributed by atoms with Gasteiger partial charge in [-0.15, -0.1) is 0 Å². The molecule has 16 heavy (non-hydrogen) atoms. The molecule has 0 aliphatic carbocycles. The average molecular weight is 231 g/mol. The van der Waals surface area contributed by atoms with Gasteiger partial charge in [-0.25, -0.2) is 9.90 Å². The van der Waals surface area contributed by atoms with Gasteiger partial charge in [0.05, 0.1) is 12.7 Å². The molecule has 95 valence electrons. The zero-order chi connectivity index (χ0) is 13.0. The molecule has 0 rings (SSSR count). The topological polar surface area (TPSA) is 66.4 Å². The lowest BCUT2D eigenvalue weighted by Crippen LogP contribution is -2.15. The zero-order valence-corrected chi connectivity index (χ0v) is 10.5. The van der Waals surface area contributed by atoms with Crippen molar-refractivity contribution in [2.45, 2.75) is 46.1 Å². The molecule has 0 spiro atoms. The zero-order valence-electron chi connectivity index (χ0n) is 10.5. The third-order valence-corrected chi connectivity index (χ3v) is 1.55. The van der Waals surface area contributed by atoms with Crippen molar-refractivity contribution >= 4 is 5.97 Å². The molecule has 1 unspecified atom stereocenters. The van der Waals surface area contributed by atoms with E-state index in [-0.39, 0.29) is 13.2 Å². The van der Waals surface area contributed by atoms with Crippen LogP contribution in [0.15, 0.2) is 12.2 Å². The van der Waals surface area contributed by atoms with Gasteiger partial charge in [0.1, 0.15) is 6.61 Å². The molecule has 0 fully saturated rings. The number of hydrogen-bond acceptors (Lipinski definition) is 3. The van der Waals surface area contributed by atoms with E-state index in [0.29, 0.717) is 5.57 Å². The first-order valence-corrected chi connectivity index (χ1v) is 5.54. The Bertz CT molecular complexity index is 183. The predicted octanol–water partition coefficient (Wildman–Crippen LogP) is 2.09. The van der Waals surface area contributed by atoms with Gasteiger partial charge in [0, 0.05) is 5.57 Å².